The van der Waals surface area contributed by atoms with Crippen molar-refractivity contribution in [3.63, 3.8) is 0 Å². The van der Waals surface area contributed by atoms with Crippen molar-refractivity contribution in [3.8, 4) is 0 Å². The van der Waals surface area contributed by atoms with Crippen LogP contribution in [0, 0.1) is 6.92 Å². The van der Waals surface area contributed by atoms with Crippen LogP contribution in [0.1, 0.15) is 24.2 Å². The first-order valence-corrected chi connectivity index (χ1v) is 9.13. The van der Waals surface area contributed by atoms with Gasteiger partial charge in [-0.1, -0.05) is 6.07 Å². The maximum atomic E-state index is 6.67. The minimum absolute atomic E-state index is 0.266. The SMILES string of the molecule is Cc1nnc2cc(C3(N)Nc4cccc(=NC5CCOCC5)n4N3)ccn12. The molecule has 1 saturated heterocycles. The number of hydrogen-bond acceptors (Lipinski definition) is 7. The lowest BCUT2D eigenvalue weighted by molar-refractivity contribution is 0.0861. The first kappa shape index (κ1) is 16.3. The van der Waals surface area contributed by atoms with Gasteiger partial charge in [-0.25, -0.2) is 4.68 Å². The zero-order valence-corrected chi connectivity index (χ0v) is 15.1. The highest BCUT2D eigenvalue weighted by Crippen LogP contribution is 2.26. The zero-order valence-electron chi connectivity index (χ0n) is 15.1. The van der Waals surface area contributed by atoms with Crippen LogP contribution in [0.4, 0.5) is 5.82 Å². The van der Waals surface area contributed by atoms with Crippen LogP contribution < -0.4 is 22.0 Å². The number of aromatic nitrogens is 4. The molecule has 2 aliphatic heterocycles. The summed E-state index contributed by atoms with van der Waals surface area (Å²) in [4.78, 5) is 4.90. The minimum Gasteiger partial charge on any atom is -0.381 e. The van der Waals surface area contributed by atoms with Crippen molar-refractivity contribution >= 4 is 11.5 Å². The Morgan fingerprint density at radius 2 is 2.11 bits per heavy atom. The van der Waals surface area contributed by atoms with Crippen molar-refractivity contribution in [2.24, 2.45) is 10.7 Å². The number of nitrogens with zero attached hydrogens (tertiary/aromatic N) is 5. The molecule has 5 heterocycles. The van der Waals surface area contributed by atoms with Crippen molar-refractivity contribution in [2.45, 2.75) is 31.6 Å². The van der Waals surface area contributed by atoms with E-state index in [0.29, 0.717) is 0 Å². The Kier molecular flexibility index (Phi) is 3.66. The largest absolute Gasteiger partial charge is 0.381 e. The van der Waals surface area contributed by atoms with Gasteiger partial charge in [0.2, 0.25) is 5.79 Å². The van der Waals surface area contributed by atoms with E-state index in [1.165, 1.54) is 0 Å². The molecule has 0 spiro atoms. The highest BCUT2D eigenvalue weighted by Gasteiger charge is 2.35. The third kappa shape index (κ3) is 2.75. The van der Waals surface area contributed by atoms with E-state index in [1.807, 2.05) is 52.5 Å². The molecule has 2 aliphatic rings. The fourth-order valence-corrected chi connectivity index (χ4v) is 3.61. The van der Waals surface area contributed by atoms with Gasteiger partial charge in [-0.3, -0.25) is 20.6 Å². The standard InChI is InChI=1S/C18H22N8O/c1-12-22-23-17-11-13(5-8-25(12)17)18(19)21-16-4-2-3-15(26(16)24-18)20-14-6-9-27-10-7-14/h2-5,8,11,14,21,24H,6-7,9-10,19H2,1H3. The summed E-state index contributed by atoms with van der Waals surface area (Å²) in [5, 5.41) is 11.7. The second kappa shape index (κ2) is 6.07. The summed E-state index contributed by atoms with van der Waals surface area (Å²) < 4.78 is 9.27. The molecule has 3 aromatic rings. The molecule has 3 aromatic heterocycles. The van der Waals surface area contributed by atoms with Crippen molar-refractivity contribution < 1.29 is 4.74 Å². The molecule has 1 atom stereocenters. The quantitative estimate of drug-likeness (QED) is 0.615. The third-order valence-corrected chi connectivity index (χ3v) is 5.12. The highest BCUT2D eigenvalue weighted by molar-refractivity contribution is 5.52. The fourth-order valence-electron chi connectivity index (χ4n) is 3.61. The summed E-state index contributed by atoms with van der Waals surface area (Å²) in [5.41, 5.74) is 12.5. The number of anilines is 1. The van der Waals surface area contributed by atoms with E-state index >= 15 is 0 Å². The van der Waals surface area contributed by atoms with Crippen LogP contribution in [-0.2, 0) is 10.5 Å². The van der Waals surface area contributed by atoms with E-state index in [4.69, 9.17) is 15.5 Å². The average Bonchev–Trinajstić information content (AvgIpc) is 3.23. The Balaban J connectivity index is 1.51. The van der Waals surface area contributed by atoms with Crippen LogP contribution in [0.3, 0.4) is 0 Å². The Labute approximate surface area is 155 Å². The van der Waals surface area contributed by atoms with Crippen LogP contribution in [0.15, 0.2) is 41.5 Å². The predicted octanol–water partition coefficient (Wildman–Crippen LogP) is 0.657. The Morgan fingerprint density at radius 1 is 1.26 bits per heavy atom. The minimum atomic E-state index is -0.962. The molecule has 1 fully saturated rings. The molecule has 0 radical (unpaired) electrons. The van der Waals surface area contributed by atoms with Crippen molar-refractivity contribution in [3.05, 3.63) is 53.4 Å². The molecule has 1 unspecified atom stereocenters. The van der Waals surface area contributed by atoms with Gasteiger partial charge in [0.05, 0.1) is 6.04 Å². The number of aryl methyl sites for hydroxylation is 1. The van der Waals surface area contributed by atoms with Crippen LogP contribution in [0.5, 0.6) is 0 Å². The van der Waals surface area contributed by atoms with Gasteiger partial charge in [0, 0.05) is 25.0 Å². The van der Waals surface area contributed by atoms with Crippen molar-refractivity contribution in [1.29, 1.82) is 0 Å². The lowest BCUT2D eigenvalue weighted by Crippen LogP contribution is -2.50. The van der Waals surface area contributed by atoms with Gasteiger partial charge < -0.3 is 10.1 Å². The lowest BCUT2D eigenvalue weighted by Gasteiger charge is -2.25. The Morgan fingerprint density at radius 3 is 2.96 bits per heavy atom. The molecule has 9 heteroatoms. The number of ether oxygens (including phenoxy) is 1. The number of nitrogens with two attached hydrogens (primary N) is 1. The van der Waals surface area contributed by atoms with Gasteiger partial charge in [0.1, 0.15) is 17.1 Å². The maximum absolute atomic E-state index is 6.67. The van der Waals surface area contributed by atoms with Gasteiger partial charge in [0.15, 0.2) is 5.65 Å². The van der Waals surface area contributed by atoms with Gasteiger partial charge in [-0.05, 0) is 44.0 Å². The lowest BCUT2D eigenvalue weighted by atomic mass is 10.1. The van der Waals surface area contributed by atoms with E-state index in [-0.39, 0.29) is 6.04 Å². The summed E-state index contributed by atoms with van der Waals surface area (Å²) in [6.07, 6.45) is 3.81. The van der Waals surface area contributed by atoms with Gasteiger partial charge in [0.25, 0.3) is 0 Å². The molecule has 0 bridgehead atoms. The molecule has 9 nitrogen and oxygen atoms in total. The number of fused-ring (bicyclic) bond motifs is 2. The van der Waals surface area contributed by atoms with Gasteiger partial charge in [-0.2, -0.15) is 0 Å². The van der Waals surface area contributed by atoms with E-state index in [0.717, 1.165) is 54.4 Å². The first-order chi connectivity index (χ1) is 13.1. The molecule has 0 amide bonds. The van der Waals surface area contributed by atoms with E-state index in [9.17, 15) is 0 Å². The van der Waals surface area contributed by atoms with E-state index < -0.39 is 5.79 Å². The third-order valence-electron chi connectivity index (χ3n) is 5.12. The molecule has 140 valence electrons. The normalized spacial score (nSPS) is 23.3. The molecule has 0 aliphatic carbocycles. The molecule has 4 N–H and O–H groups in total. The number of nitrogens with one attached hydrogen (secondary N) is 2. The molecule has 27 heavy (non-hydrogen) atoms. The second-order valence-electron chi connectivity index (χ2n) is 7.01. The average molecular weight is 366 g/mol. The van der Waals surface area contributed by atoms with Crippen molar-refractivity contribution in [1.82, 2.24) is 19.3 Å². The molecule has 5 rings (SSSR count). The smallest absolute Gasteiger partial charge is 0.204 e. The number of hydrogen-bond donors (Lipinski definition) is 3. The van der Waals surface area contributed by atoms with Gasteiger partial charge in [-0.15, -0.1) is 10.2 Å². The van der Waals surface area contributed by atoms with E-state index in [2.05, 4.69) is 20.9 Å². The highest BCUT2D eigenvalue weighted by atomic mass is 16.5. The predicted molar refractivity (Wildman–Crippen MR) is 100 cm³/mol. The van der Waals surface area contributed by atoms with Crippen LogP contribution in [0.25, 0.3) is 5.65 Å². The van der Waals surface area contributed by atoms with Crippen molar-refractivity contribution in [2.75, 3.05) is 24.0 Å². The van der Waals surface area contributed by atoms with Gasteiger partial charge >= 0.3 is 0 Å². The summed E-state index contributed by atoms with van der Waals surface area (Å²) >= 11 is 0. The van der Waals surface area contributed by atoms with Crippen LogP contribution in [-0.4, -0.2) is 38.5 Å². The monoisotopic (exact) mass is 366 g/mol. The number of pyridine rings is 2. The fraction of sp³-hybridized carbons (Fsp3) is 0.389. The Hall–Kier alpha value is -2.91. The summed E-state index contributed by atoms with van der Waals surface area (Å²) in [6.45, 7) is 3.44. The summed E-state index contributed by atoms with van der Waals surface area (Å²) in [5.74, 6) is 0.740. The van der Waals surface area contributed by atoms with Crippen LogP contribution >= 0.6 is 0 Å². The molecular formula is C18H22N8O. The van der Waals surface area contributed by atoms with E-state index in [1.54, 1.807) is 0 Å². The maximum Gasteiger partial charge on any atom is 0.204 e. The molecular weight excluding hydrogens is 344 g/mol. The first-order valence-electron chi connectivity index (χ1n) is 9.13. The molecule has 0 aromatic carbocycles. The topological polar surface area (TPSA) is 107 Å². The zero-order chi connectivity index (χ0) is 18.4. The number of rotatable bonds is 2. The summed E-state index contributed by atoms with van der Waals surface area (Å²) in [6, 6.07) is 10.1. The second-order valence-corrected chi connectivity index (χ2v) is 7.01. The summed E-state index contributed by atoms with van der Waals surface area (Å²) in [7, 11) is 0. The Bertz CT molecular complexity index is 1060. The molecule has 0 saturated carbocycles. The van der Waals surface area contributed by atoms with Crippen LogP contribution in [0.2, 0.25) is 0 Å².